The maximum absolute atomic E-state index is 13.0. The Bertz CT molecular complexity index is 1090. The van der Waals surface area contributed by atoms with Gasteiger partial charge in [-0.05, 0) is 73.7 Å². The second-order valence-corrected chi connectivity index (χ2v) is 8.53. The molecule has 6 heteroatoms. The summed E-state index contributed by atoms with van der Waals surface area (Å²) in [5, 5.41) is 0. The average molecular weight is 435 g/mol. The lowest BCUT2D eigenvalue weighted by Crippen LogP contribution is -2.32. The molecule has 0 spiro atoms. The van der Waals surface area contributed by atoms with Crippen molar-refractivity contribution in [2.45, 2.75) is 44.4 Å². The molecule has 2 aliphatic rings. The van der Waals surface area contributed by atoms with Gasteiger partial charge in [-0.1, -0.05) is 12.1 Å². The number of fused-ring (bicyclic) bond motifs is 2. The van der Waals surface area contributed by atoms with Gasteiger partial charge in [0.15, 0.2) is 0 Å². The van der Waals surface area contributed by atoms with E-state index in [0.717, 1.165) is 35.6 Å². The normalized spacial score (nSPS) is 19.9. The highest BCUT2D eigenvalue weighted by atomic mass is 19.1. The highest BCUT2D eigenvalue weighted by molar-refractivity contribution is 5.38. The molecule has 166 valence electrons. The number of hydrogen-bond acceptors (Lipinski definition) is 4. The second-order valence-electron chi connectivity index (χ2n) is 8.53. The molecule has 0 unspecified atom stereocenters. The van der Waals surface area contributed by atoms with Crippen molar-refractivity contribution in [2.24, 2.45) is 0 Å². The van der Waals surface area contributed by atoms with Crippen LogP contribution in [0.25, 0.3) is 5.69 Å². The zero-order chi connectivity index (χ0) is 21.9. The second kappa shape index (κ2) is 9.17. The lowest BCUT2D eigenvalue weighted by molar-refractivity contribution is 0.194. The van der Waals surface area contributed by atoms with Gasteiger partial charge in [-0.15, -0.1) is 0 Å². The summed E-state index contributed by atoms with van der Waals surface area (Å²) in [5.74, 6) is 1.00. The van der Waals surface area contributed by atoms with E-state index < -0.39 is 0 Å². The Kier molecular flexibility index (Phi) is 5.95. The summed E-state index contributed by atoms with van der Waals surface area (Å²) < 4.78 is 26.2. The Morgan fingerprint density at radius 2 is 1.53 bits per heavy atom. The van der Waals surface area contributed by atoms with Crippen molar-refractivity contribution >= 4 is 0 Å². The number of ether oxygens (including phenoxy) is 2. The van der Waals surface area contributed by atoms with Crippen molar-refractivity contribution in [3.05, 3.63) is 88.6 Å². The maximum atomic E-state index is 13.0. The summed E-state index contributed by atoms with van der Waals surface area (Å²) in [7, 11) is 0. The molecular formula is C26H27FN2O3. The third-order valence-electron chi connectivity index (χ3n) is 6.55. The van der Waals surface area contributed by atoms with Crippen LogP contribution in [0, 0.1) is 5.82 Å². The fourth-order valence-corrected chi connectivity index (χ4v) is 4.87. The van der Waals surface area contributed by atoms with E-state index >= 15 is 0 Å². The Morgan fingerprint density at radius 3 is 2.19 bits per heavy atom. The van der Waals surface area contributed by atoms with Gasteiger partial charge >= 0.3 is 0 Å². The van der Waals surface area contributed by atoms with Crippen LogP contribution in [0.15, 0.2) is 71.7 Å². The third-order valence-corrected chi connectivity index (χ3v) is 6.55. The monoisotopic (exact) mass is 434 g/mol. The molecule has 32 heavy (non-hydrogen) atoms. The van der Waals surface area contributed by atoms with E-state index in [9.17, 15) is 9.18 Å². The molecule has 0 atom stereocenters. The first-order valence-corrected chi connectivity index (χ1v) is 11.2. The molecule has 5 rings (SSSR count). The van der Waals surface area contributed by atoms with Crippen LogP contribution in [0.5, 0.6) is 11.5 Å². The van der Waals surface area contributed by atoms with Crippen LogP contribution in [0.1, 0.15) is 31.2 Å². The molecule has 0 radical (unpaired) electrons. The van der Waals surface area contributed by atoms with Crippen LogP contribution in [0.3, 0.4) is 0 Å². The van der Waals surface area contributed by atoms with Crippen LogP contribution in [-0.4, -0.2) is 34.7 Å². The molecule has 2 aromatic carbocycles. The van der Waals surface area contributed by atoms with E-state index in [1.165, 1.54) is 43.9 Å². The largest absolute Gasteiger partial charge is 0.492 e. The molecule has 0 saturated carbocycles. The van der Waals surface area contributed by atoms with Gasteiger partial charge in [-0.25, -0.2) is 4.39 Å². The van der Waals surface area contributed by atoms with Crippen LogP contribution in [0.2, 0.25) is 0 Å². The van der Waals surface area contributed by atoms with E-state index in [-0.39, 0.29) is 18.0 Å². The predicted octanol–water partition coefficient (Wildman–Crippen LogP) is 4.56. The van der Waals surface area contributed by atoms with Crippen molar-refractivity contribution in [1.29, 1.82) is 0 Å². The highest BCUT2D eigenvalue weighted by Gasteiger charge is 2.38. The number of benzene rings is 2. The molecule has 0 N–H and O–H groups in total. The molecule has 3 aromatic rings. The van der Waals surface area contributed by atoms with Gasteiger partial charge in [-0.3, -0.25) is 14.3 Å². The Morgan fingerprint density at radius 1 is 0.844 bits per heavy atom. The number of rotatable bonds is 8. The lowest BCUT2D eigenvalue weighted by Gasteiger charge is -2.21. The van der Waals surface area contributed by atoms with Gasteiger partial charge in [0.1, 0.15) is 30.5 Å². The van der Waals surface area contributed by atoms with E-state index in [2.05, 4.69) is 4.90 Å². The molecule has 0 aliphatic carbocycles. The molecule has 2 bridgehead atoms. The number of pyridine rings is 1. The molecule has 1 aromatic heterocycles. The molecule has 2 fully saturated rings. The smallest absolute Gasteiger partial charge is 0.258 e. The van der Waals surface area contributed by atoms with Crippen LogP contribution < -0.4 is 15.0 Å². The molecule has 0 amide bonds. The summed E-state index contributed by atoms with van der Waals surface area (Å²) in [5.41, 5.74) is 1.42. The average Bonchev–Trinajstić information content (AvgIpc) is 3.39. The Hall–Kier alpha value is -3.12. The number of aromatic nitrogens is 1. The topological polar surface area (TPSA) is 43.7 Å². The standard InChI is InChI=1S/C26H27FN2O3/c27-20-3-1-19(2-4-20)18-32-25-13-14-29(26(30)17-25)23-9-11-24(12-10-23)31-16-15-28-21-5-6-22(28)8-7-21/h1-4,9-14,17,21-22H,5-8,15-16,18H2. The first-order valence-electron chi connectivity index (χ1n) is 11.2. The summed E-state index contributed by atoms with van der Waals surface area (Å²) in [6.07, 6.45) is 7.05. The Balaban J connectivity index is 1.16. The number of hydrogen-bond donors (Lipinski definition) is 0. The lowest BCUT2D eigenvalue weighted by atomic mass is 10.0. The van der Waals surface area contributed by atoms with Crippen molar-refractivity contribution < 1.29 is 13.9 Å². The molecule has 3 heterocycles. The molecular weight excluding hydrogens is 407 g/mol. The van der Waals surface area contributed by atoms with Gasteiger partial charge in [0, 0.05) is 36.6 Å². The zero-order valence-corrected chi connectivity index (χ0v) is 18.0. The van der Waals surface area contributed by atoms with Crippen molar-refractivity contribution in [3.63, 3.8) is 0 Å². The third kappa shape index (κ3) is 4.55. The zero-order valence-electron chi connectivity index (χ0n) is 18.0. The Labute approximate surface area is 187 Å². The van der Waals surface area contributed by atoms with E-state index in [0.29, 0.717) is 12.4 Å². The first-order chi connectivity index (χ1) is 15.7. The van der Waals surface area contributed by atoms with Crippen molar-refractivity contribution in [2.75, 3.05) is 13.2 Å². The SMILES string of the molecule is O=c1cc(OCc2ccc(F)cc2)ccn1-c1ccc(OCCN2C3CCC2CC3)cc1. The quantitative estimate of drug-likeness (QED) is 0.521. The molecule has 2 aliphatic heterocycles. The fraction of sp³-hybridized carbons (Fsp3) is 0.346. The van der Waals surface area contributed by atoms with Gasteiger partial charge < -0.3 is 9.47 Å². The van der Waals surface area contributed by atoms with E-state index in [4.69, 9.17) is 9.47 Å². The fourth-order valence-electron chi connectivity index (χ4n) is 4.87. The maximum Gasteiger partial charge on any atom is 0.258 e. The summed E-state index contributed by atoms with van der Waals surface area (Å²) in [6, 6.07) is 18.4. The minimum Gasteiger partial charge on any atom is -0.492 e. The predicted molar refractivity (Wildman–Crippen MR) is 121 cm³/mol. The molecule has 5 nitrogen and oxygen atoms in total. The number of halogens is 1. The van der Waals surface area contributed by atoms with Crippen LogP contribution >= 0.6 is 0 Å². The summed E-state index contributed by atoms with van der Waals surface area (Å²) in [4.78, 5) is 15.2. The van der Waals surface area contributed by atoms with E-state index in [1.807, 2.05) is 24.3 Å². The van der Waals surface area contributed by atoms with Crippen molar-refractivity contribution in [3.8, 4) is 17.2 Å². The molecule has 2 saturated heterocycles. The first kappa shape index (κ1) is 20.8. The highest BCUT2D eigenvalue weighted by Crippen LogP contribution is 2.36. The van der Waals surface area contributed by atoms with Gasteiger partial charge in [0.2, 0.25) is 0 Å². The van der Waals surface area contributed by atoms with Crippen LogP contribution in [-0.2, 0) is 6.61 Å². The summed E-state index contributed by atoms with van der Waals surface area (Å²) >= 11 is 0. The van der Waals surface area contributed by atoms with Gasteiger partial charge in [0.25, 0.3) is 5.56 Å². The summed E-state index contributed by atoms with van der Waals surface area (Å²) in [6.45, 7) is 1.94. The minimum absolute atomic E-state index is 0.181. The number of nitrogens with zero attached hydrogens (tertiary/aromatic N) is 2. The van der Waals surface area contributed by atoms with Gasteiger partial charge in [0.05, 0.1) is 0 Å². The van der Waals surface area contributed by atoms with Crippen LogP contribution in [0.4, 0.5) is 4.39 Å². The van der Waals surface area contributed by atoms with Gasteiger partial charge in [-0.2, -0.15) is 0 Å². The van der Waals surface area contributed by atoms with E-state index in [1.54, 1.807) is 29.0 Å². The minimum atomic E-state index is -0.286. The van der Waals surface area contributed by atoms with Crippen molar-refractivity contribution in [1.82, 2.24) is 9.47 Å².